The molecular weight excluding hydrogens is 477 g/mol. The summed E-state index contributed by atoms with van der Waals surface area (Å²) in [6, 6.07) is 12.8. The molecule has 0 N–H and O–H groups in total. The van der Waals surface area contributed by atoms with E-state index in [1.54, 1.807) is 24.3 Å². The van der Waals surface area contributed by atoms with E-state index in [1.807, 2.05) is 25.1 Å². The van der Waals surface area contributed by atoms with Crippen LogP contribution in [0.2, 0.25) is 5.02 Å². The maximum Gasteiger partial charge on any atom is 0.277 e. The van der Waals surface area contributed by atoms with Gasteiger partial charge in [0.1, 0.15) is 6.54 Å². The Morgan fingerprint density at radius 3 is 2.19 bits per heavy atom. The summed E-state index contributed by atoms with van der Waals surface area (Å²) in [7, 11) is 0. The third-order valence-electron chi connectivity index (χ3n) is 4.95. The van der Waals surface area contributed by atoms with Crippen molar-refractivity contribution in [3.63, 3.8) is 0 Å². The van der Waals surface area contributed by atoms with E-state index < -0.39 is 0 Å². The molecule has 0 bridgehead atoms. The molecule has 5 nitrogen and oxygen atoms in total. The summed E-state index contributed by atoms with van der Waals surface area (Å²) in [5.74, 6) is 0.445. The highest BCUT2D eigenvalue weighted by molar-refractivity contribution is 6.31. The van der Waals surface area contributed by atoms with Crippen molar-refractivity contribution in [1.29, 1.82) is 0 Å². The van der Waals surface area contributed by atoms with Crippen LogP contribution in [-0.4, -0.2) is 21.3 Å². The van der Waals surface area contributed by atoms with Crippen molar-refractivity contribution >= 4 is 34.4 Å². The third-order valence-corrected chi connectivity index (χ3v) is 5.19. The molecule has 3 aromatic rings. The van der Waals surface area contributed by atoms with E-state index >= 15 is 0 Å². The number of aromatic nitrogens is 2. The molecule has 0 spiro atoms. The highest BCUT2D eigenvalue weighted by atomic mass is 127. The van der Waals surface area contributed by atoms with Gasteiger partial charge in [0, 0.05) is 11.1 Å². The van der Waals surface area contributed by atoms with Crippen LogP contribution in [0, 0.1) is 0 Å². The molecule has 0 radical (unpaired) electrons. The summed E-state index contributed by atoms with van der Waals surface area (Å²) in [6.07, 6.45) is 0. The first kappa shape index (κ1) is 19.8. The van der Waals surface area contributed by atoms with Crippen LogP contribution < -0.4 is 28.5 Å². The van der Waals surface area contributed by atoms with Crippen LogP contribution in [0.25, 0.3) is 11.0 Å². The average molecular weight is 496 g/mol. The van der Waals surface area contributed by atoms with Crippen molar-refractivity contribution in [2.24, 2.45) is 0 Å². The van der Waals surface area contributed by atoms with Crippen LogP contribution >= 0.6 is 11.6 Å². The summed E-state index contributed by atoms with van der Waals surface area (Å²) in [5.41, 5.74) is 3.00. The number of imidazole rings is 1. The topological polar surface area (TPSA) is 46.2 Å². The molecule has 2 aromatic carbocycles. The number of fused-ring (bicyclic) bond motifs is 2. The van der Waals surface area contributed by atoms with Gasteiger partial charge in [0.25, 0.3) is 17.6 Å². The van der Waals surface area contributed by atoms with Crippen molar-refractivity contribution in [1.82, 2.24) is 9.47 Å². The fourth-order valence-corrected chi connectivity index (χ4v) is 3.93. The van der Waals surface area contributed by atoms with Crippen LogP contribution in [-0.2, 0) is 19.6 Å². The quantitative estimate of drug-likeness (QED) is 0.299. The van der Waals surface area contributed by atoms with Gasteiger partial charge >= 0.3 is 0 Å². The minimum atomic E-state index is -0.237. The van der Waals surface area contributed by atoms with Gasteiger partial charge in [0.05, 0.1) is 24.2 Å². The number of hydrogen-bond donors (Lipinski definition) is 0. The van der Waals surface area contributed by atoms with Crippen molar-refractivity contribution in [2.45, 2.75) is 33.5 Å². The summed E-state index contributed by atoms with van der Waals surface area (Å²) < 4.78 is 4.26. The molecule has 7 heteroatoms. The zero-order valence-electron chi connectivity index (χ0n) is 15.1. The molecule has 0 saturated heterocycles. The number of benzene rings is 2. The smallest absolute Gasteiger partial charge is 0.277 e. The number of aryl methyl sites for hydroxylation is 2. The van der Waals surface area contributed by atoms with Crippen molar-refractivity contribution in [3.8, 4) is 0 Å². The molecule has 0 aliphatic carbocycles. The fourth-order valence-electron chi connectivity index (χ4n) is 3.77. The molecule has 140 valence electrons. The molecule has 0 saturated carbocycles. The lowest BCUT2D eigenvalue weighted by Gasteiger charge is -2.12. The predicted molar refractivity (Wildman–Crippen MR) is 99.1 cm³/mol. The Bertz CT molecular complexity index is 1030. The van der Waals surface area contributed by atoms with Crippen LogP contribution in [0.15, 0.2) is 42.5 Å². The molecule has 27 heavy (non-hydrogen) atoms. The Morgan fingerprint density at radius 1 is 1.00 bits per heavy atom. The predicted octanol–water partition coefficient (Wildman–Crippen LogP) is 0.422. The molecule has 0 unspecified atom stereocenters. The van der Waals surface area contributed by atoms with E-state index in [4.69, 9.17) is 11.6 Å². The highest BCUT2D eigenvalue weighted by Crippen LogP contribution is 2.26. The lowest BCUT2D eigenvalue weighted by atomic mass is 10.1. The van der Waals surface area contributed by atoms with E-state index in [-0.39, 0.29) is 42.3 Å². The Balaban J connectivity index is 0.00000210. The van der Waals surface area contributed by atoms with Gasteiger partial charge in [-0.25, -0.2) is 9.13 Å². The number of rotatable bonds is 4. The summed E-state index contributed by atoms with van der Waals surface area (Å²) >= 11 is 6.19. The minimum absolute atomic E-state index is 0. The molecular formula is C20H19ClIN3O2. The largest absolute Gasteiger partial charge is 1.00 e. The van der Waals surface area contributed by atoms with E-state index in [0.717, 1.165) is 29.9 Å². The fraction of sp³-hybridized carbons (Fsp3) is 0.250. The summed E-state index contributed by atoms with van der Waals surface area (Å²) in [4.78, 5) is 26.8. The maximum atomic E-state index is 12.7. The number of hydrogen-bond acceptors (Lipinski definition) is 2. The number of imide groups is 1. The average Bonchev–Trinajstić information content (AvgIpc) is 3.08. The number of nitrogens with zero attached hydrogens (tertiary/aromatic N) is 3. The van der Waals surface area contributed by atoms with E-state index in [9.17, 15) is 9.59 Å². The van der Waals surface area contributed by atoms with Crippen molar-refractivity contribution in [2.75, 3.05) is 0 Å². The maximum absolute atomic E-state index is 12.7. The summed E-state index contributed by atoms with van der Waals surface area (Å²) in [6.45, 7) is 5.80. The van der Waals surface area contributed by atoms with Crippen LogP contribution in [0.4, 0.5) is 0 Å². The van der Waals surface area contributed by atoms with Crippen LogP contribution in [0.1, 0.15) is 40.4 Å². The van der Waals surface area contributed by atoms with Gasteiger partial charge in [-0.2, -0.15) is 0 Å². The Labute approximate surface area is 179 Å². The highest BCUT2D eigenvalue weighted by Gasteiger charge is 2.38. The second-order valence-electron chi connectivity index (χ2n) is 6.28. The number of halogens is 2. The molecule has 4 rings (SSSR count). The summed E-state index contributed by atoms with van der Waals surface area (Å²) in [5, 5.41) is 0.667. The van der Waals surface area contributed by atoms with Gasteiger partial charge in [-0.15, -0.1) is 0 Å². The van der Waals surface area contributed by atoms with Gasteiger partial charge in [-0.3, -0.25) is 14.5 Å². The molecule has 0 fully saturated rings. The van der Waals surface area contributed by atoms with E-state index in [1.165, 1.54) is 4.90 Å². The van der Waals surface area contributed by atoms with Gasteiger partial charge < -0.3 is 24.0 Å². The SMILES string of the molecule is CCn1c(CN2C(=O)c3ccccc3C2=O)[n+](CC)c2ccc(Cl)cc21.[I-]. The number of carbonyl (C=O) groups excluding carboxylic acids is 2. The van der Waals surface area contributed by atoms with Gasteiger partial charge in [0.15, 0.2) is 11.0 Å². The lowest BCUT2D eigenvalue weighted by Crippen LogP contribution is -3.00. The molecule has 1 aliphatic heterocycles. The minimum Gasteiger partial charge on any atom is -1.00 e. The Kier molecular flexibility index (Phi) is 5.58. The lowest BCUT2D eigenvalue weighted by molar-refractivity contribution is -0.677. The molecule has 2 amide bonds. The second kappa shape index (κ2) is 7.59. The Morgan fingerprint density at radius 2 is 1.63 bits per heavy atom. The number of carbonyl (C=O) groups is 2. The van der Waals surface area contributed by atoms with Gasteiger partial charge in [-0.05, 0) is 38.1 Å². The third kappa shape index (κ3) is 3.04. The standard InChI is InChI=1S/C20H19ClN3O2.HI/c1-3-22-16-10-9-13(21)11-17(16)23(4-2)18(22)12-24-19(25)14-7-5-6-8-15(14)20(24)26;/h5-11H,3-4,12H2,1-2H3;1H/q+1;/p-1. The van der Waals surface area contributed by atoms with Crippen molar-refractivity contribution < 1.29 is 38.1 Å². The molecule has 1 aromatic heterocycles. The first-order valence-corrected chi connectivity index (χ1v) is 9.10. The Hall–Kier alpha value is -1.93. The second-order valence-corrected chi connectivity index (χ2v) is 6.72. The molecule has 1 aliphatic rings. The zero-order valence-corrected chi connectivity index (χ0v) is 18.0. The van der Waals surface area contributed by atoms with Crippen LogP contribution in [0.5, 0.6) is 0 Å². The van der Waals surface area contributed by atoms with E-state index in [0.29, 0.717) is 16.1 Å². The number of amides is 2. The molecule has 2 heterocycles. The molecule has 0 atom stereocenters. The first-order valence-electron chi connectivity index (χ1n) is 8.72. The first-order chi connectivity index (χ1) is 12.6. The normalized spacial score (nSPS) is 13.2. The monoisotopic (exact) mass is 495 g/mol. The zero-order chi connectivity index (χ0) is 18.4. The van der Waals surface area contributed by atoms with Gasteiger partial charge in [-0.1, -0.05) is 23.7 Å². The van der Waals surface area contributed by atoms with Gasteiger partial charge in [0.2, 0.25) is 0 Å². The van der Waals surface area contributed by atoms with Crippen LogP contribution in [0.3, 0.4) is 0 Å². The van der Waals surface area contributed by atoms with Crippen molar-refractivity contribution in [3.05, 3.63) is 64.4 Å². The van der Waals surface area contributed by atoms with E-state index in [2.05, 4.69) is 16.1 Å².